The molecule has 1 saturated carbocycles. The smallest absolute Gasteiger partial charge is 0.321 e. The van der Waals surface area contributed by atoms with E-state index in [0.29, 0.717) is 5.92 Å². The Balaban J connectivity index is 1.64. The highest BCUT2D eigenvalue weighted by Gasteiger charge is 2.34. The fraction of sp³-hybridized carbons (Fsp3) is 0.846. The molecule has 6 heteroatoms. The van der Waals surface area contributed by atoms with Gasteiger partial charge in [-0.25, -0.2) is 4.79 Å². The minimum Gasteiger partial charge on any atom is -0.341 e. The molecule has 1 aliphatic carbocycles. The van der Waals surface area contributed by atoms with E-state index < -0.39 is 6.03 Å². The molecule has 0 radical (unpaired) electrons. The first-order chi connectivity index (χ1) is 9.10. The fourth-order valence-corrected chi connectivity index (χ4v) is 2.52. The lowest BCUT2D eigenvalue weighted by Gasteiger charge is -2.17. The summed E-state index contributed by atoms with van der Waals surface area (Å²) in [5.41, 5.74) is 0. The van der Waals surface area contributed by atoms with E-state index in [-0.39, 0.29) is 11.9 Å². The van der Waals surface area contributed by atoms with Crippen LogP contribution in [0.4, 0.5) is 4.79 Å². The van der Waals surface area contributed by atoms with Crippen LogP contribution in [0.25, 0.3) is 0 Å². The summed E-state index contributed by atoms with van der Waals surface area (Å²) in [7, 11) is 1.49. The highest BCUT2D eigenvalue weighted by molar-refractivity contribution is 5.96. The molecule has 0 spiro atoms. The maximum atomic E-state index is 11.7. The molecule has 0 aromatic heterocycles. The van der Waals surface area contributed by atoms with Gasteiger partial charge in [-0.15, -0.1) is 0 Å². The highest BCUT2D eigenvalue weighted by Crippen LogP contribution is 2.31. The molecule has 3 amide bonds. The quantitative estimate of drug-likeness (QED) is 0.651. The molecule has 1 heterocycles. The topological polar surface area (TPSA) is 73.5 Å². The number of imide groups is 1. The Morgan fingerprint density at radius 2 is 2.05 bits per heavy atom. The lowest BCUT2D eigenvalue weighted by molar-refractivity contribution is -0.121. The Labute approximate surface area is 114 Å². The van der Waals surface area contributed by atoms with Crippen LogP contribution in [0.1, 0.15) is 26.2 Å². The second-order valence-electron chi connectivity index (χ2n) is 5.58. The number of amides is 3. The molecule has 2 aliphatic rings. The van der Waals surface area contributed by atoms with Crippen molar-refractivity contribution in [3.05, 3.63) is 0 Å². The zero-order chi connectivity index (χ0) is 13.8. The van der Waals surface area contributed by atoms with Crippen molar-refractivity contribution in [2.75, 3.05) is 26.7 Å². The van der Waals surface area contributed by atoms with E-state index in [2.05, 4.69) is 20.9 Å². The lowest BCUT2D eigenvalue weighted by Crippen LogP contribution is -2.48. The normalized spacial score (nSPS) is 25.1. The Morgan fingerprint density at radius 1 is 1.32 bits per heavy atom. The summed E-state index contributed by atoms with van der Waals surface area (Å²) in [5, 5.41) is 7.86. The molecule has 0 aromatic carbocycles. The Kier molecular flexibility index (Phi) is 4.76. The molecule has 2 unspecified atom stereocenters. The molecule has 19 heavy (non-hydrogen) atoms. The van der Waals surface area contributed by atoms with Crippen LogP contribution in [0.2, 0.25) is 0 Å². The minimum atomic E-state index is -0.459. The number of rotatable bonds is 5. The standard InChI is InChI=1S/C13H24N4O2/c1-9(12(18)16-13(19)14-2)15-7-10-5-6-17(8-10)11-3-4-11/h9-11,15H,3-8H2,1-2H3,(H2,14,16,18,19). The average Bonchev–Trinajstić information content (AvgIpc) is 3.15. The molecule has 0 aromatic rings. The van der Waals surface area contributed by atoms with Gasteiger partial charge in [0.15, 0.2) is 0 Å². The zero-order valence-electron chi connectivity index (χ0n) is 11.7. The monoisotopic (exact) mass is 268 g/mol. The van der Waals surface area contributed by atoms with E-state index in [4.69, 9.17) is 0 Å². The predicted molar refractivity (Wildman–Crippen MR) is 72.8 cm³/mol. The van der Waals surface area contributed by atoms with Crippen LogP contribution in [0.3, 0.4) is 0 Å². The summed E-state index contributed by atoms with van der Waals surface area (Å²) in [4.78, 5) is 25.2. The fourth-order valence-electron chi connectivity index (χ4n) is 2.52. The van der Waals surface area contributed by atoms with Crippen molar-refractivity contribution < 1.29 is 9.59 Å². The molecule has 0 bridgehead atoms. The van der Waals surface area contributed by atoms with Gasteiger partial charge in [-0.2, -0.15) is 0 Å². The zero-order valence-corrected chi connectivity index (χ0v) is 11.7. The second kappa shape index (κ2) is 6.34. The molecule has 1 aliphatic heterocycles. The molecule has 1 saturated heterocycles. The van der Waals surface area contributed by atoms with Crippen molar-refractivity contribution in [2.24, 2.45) is 5.92 Å². The maximum absolute atomic E-state index is 11.7. The van der Waals surface area contributed by atoms with Gasteiger partial charge < -0.3 is 15.5 Å². The number of nitrogens with zero attached hydrogens (tertiary/aromatic N) is 1. The van der Waals surface area contributed by atoms with E-state index in [1.807, 2.05) is 0 Å². The summed E-state index contributed by atoms with van der Waals surface area (Å²) in [5.74, 6) is 0.340. The lowest BCUT2D eigenvalue weighted by atomic mass is 10.1. The number of hydrogen-bond donors (Lipinski definition) is 3. The van der Waals surface area contributed by atoms with Gasteiger partial charge in [0.05, 0.1) is 6.04 Å². The van der Waals surface area contributed by atoms with E-state index in [1.54, 1.807) is 6.92 Å². The van der Waals surface area contributed by atoms with Crippen LogP contribution < -0.4 is 16.0 Å². The first-order valence-electron chi connectivity index (χ1n) is 7.10. The van der Waals surface area contributed by atoms with Crippen LogP contribution in [0.5, 0.6) is 0 Å². The molecule has 6 nitrogen and oxygen atoms in total. The van der Waals surface area contributed by atoms with Crippen molar-refractivity contribution in [1.29, 1.82) is 0 Å². The van der Waals surface area contributed by atoms with Gasteiger partial charge in [0.2, 0.25) is 5.91 Å². The van der Waals surface area contributed by atoms with Gasteiger partial charge >= 0.3 is 6.03 Å². The van der Waals surface area contributed by atoms with E-state index >= 15 is 0 Å². The SMILES string of the molecule is CNC(=O)NC(=O)C(C)NCC1CCN(C2CC2)C1. The van der Waals surface area contributed by atoms with E-state index in [9.17, 15) is 9.59 Å². The predicted octanol–water partition coefficient (Wildman–Crippen LogP) is -0.0956. The molecule has 2 rings (SSSR count). The van der Waals surface area contributed by atoms with Gasteiger partial charge in [-0.1, -0.05) is 0 Å². The van der Waals surface area contributed by atoms with Crippen LogP contribution >= 0.6 is 0 Å². The van der Waals surface area contributed by atoms with Crippen molar-refractivity contribution in [3.63, 3.8) is 0 Å². The van der Waals surface area contributed by atoms with E-state index in [1.165, 1.54) is 32.9 Å². The maximum Gasteiger partial charge on any atom is 0.321 e. The third-order valence-electron chi connectivity index (χ3n) is 3.95. The number of hydrogen-bond acceptors (Lipinski definition) is 4. The van der Waals surface area contributed by atoms with Crippen molar-refractivity contribution in [1.82, 2.24) is 20.9 Å². The Hall–Kier alpha value is -1.14. The van der Waals surface area contributed by atoms with Crippen LogP contribution in [-0.2, 0) is 4.79 Å². The van der Waals surface area contributed by atoms with Gasteiger partial charge in [0.25, 0.3) is 0 Å². The summed E-state index contributed by atoms with van der Waals surface area (Å²) >= 11 is 0. The van der Waals surface area contributed by atoms with E-state index in [0.717, 1.165) is 19.1 Å². The molecule has 2 atom stereocenters. The number of carbonyl (C=O) groups excluding carboxylic acids is 2. The summed E-state index contributed by atoms with van der Waals surface area (Å²) in [6.07, 6.45) is 3.91. The molecular weight excluding hydrogens is 244 g/mol. The Morgan fingerprint density at radius 3 is 2.68 bits per heavy atom. The molecular formula is C13H24N4O2. The van der Waals surface area contributed by atoms with Gasteiger partial charge in [0, 0.05) is 19.6 Å². The summed E-state index contributed by atoms with van der Waals surface area (Å²) in [6, 6.07) is 0.0330. The Bertz CT molecular complexity index is 344. The number of carbonyl (C=O) groups is 2. The van der Waals surface area contributed by atoms with Gasteiger partial charge in [-0.05, 0) is 45.2 Å². The van der Waals surface area contributed by atoms with Crippen LogP contribution in [0.15, 0.2) is 0 Å². The van der Waals surface area contributed by atoms with Crippen molar-refractivity contribution >= 4 is 11.9 Å². The number of urea groups is 1. The number of likely N-dealkylation sites (tertiary alicyclic amines) is 1. The molecule has 2 fully saturated rings. The number of nitrogens with one attached hydrogen (secondary N) is 3. The minimum absolute atomic E-state index is 0.281. The highest BCUT2D eigenvalue weighted by atomic mass is 16.2. The summed E-state index contributed by atoms with van der Waals surface area (Å²) < 4.78 is 0. The second-order valence-corrected chi connectivity index (χ2v) is 5.58. The van der Waals surface area contributed by atoms with Crippen LogP contribution in [-0.4, -0.2) is 55.6 Å². The average molecular weight is 268 g/mol. The van der Waals surface area contributed by atoms with Gasteiger partial charge in [0.1, 0.15) is 0 Å². The molecule has 3 N–H and O–H groups in total. The first-order valence-corrected chi connectivity index (χ1v) is 7.10. The van der Waals surface area contributed by atoms with Crippen molar-refractivity contribution in [3.8, 4) is 0 Å². The van der Waals surface area contributed by atoms with Crippen molar-refractivity contribution in [2.45, 2.75) is 38.3 Å². The largest absolute Gasteiger partial charge is 0.341 e. The third-order valence-corrected chi connectivity index (χ3v) is 3.95. The third kappa shape index (κ3) is 4.18. The summed E-state index contributed by atoms with van der Waals surface area (Å²) in [6.45, 7) is 4.95. The first kappa shape index (κ1) is 14.3. The van der Waals surface area contributed by atoms with Gasteiger partial charge in [-0.3, -0.25) is 10.1 Å². The molecule has 108 valence electrons. The van der Waals surface area contributed by atoms with Crippen LogP contribution in [0, 0.1) is 5.92 Å².